The van der Waals surface area contributed by atoms with E-state index in [4.69, 9.17) is 20.6 Å². The van der Waals surface area contributed by atoms with Crippen LogP contribution in [0, 0.1) is 17.6 Å². The number of ether oxygens (including phenoxy) is 2. The van der Waals surface area contributed by atoms with Crippen molar-refractivity contribution >= 4 is 18.5 Å². The average molecular weight is 555 g/mol. The van der Waals surface area contributed by atoms with E-state index in [0.717, 1.165) is 25.0 Å². The minimum atomic E-state index is -3.05. The van der Waals surface area contributed by atoms with Crippen LogP contribution in [0.4, 0.5) is 17.6 Å². The van der Waals surface area contributed by atoms with Gasteiger partial charge in [0, 0.05) is 17.2 Å². The maximum Gasteiger partial charge on any atom is 0.387 e. The van der Waals surface area contributed by atoms with Crippen molar-refractivity contribution < 1.29 is 36.2 Å². The molecule has 1 aliphatic rings. The Morgan fingerprint density at radius 2 is 1.95 bits per heavy atom. The van der Waals surface area contributed by atoms with Crippen molar-refractivity contribution in [3.05, 3.63) is 65.1 Å². The van der Waals surface area contributed by atoms with E-state index in [1.54, 1.807) is 6.92 Å². The second-order valence-corrected chi connectivity index (χ2v) is 9.51. The van der Waals surface area contributed by atoms with Crippen LogP contribution in [0.2, 0.25) is 0 Å². The van der Waals surface area contributed by atoms with Gasteiger partial charge in [-0.2, -0.15) is 21.4 Å². The highest BCUT2D eigenvalue weighted by atomic mass is 32.1. The molecule has 0 radical (unpaired) electrons. The number of nitrogens with zero attached hydrogens (tertiary/aromatic N) is 1. The quantitative estimate of drug-likeness (QED) is 0.145. The molecule has 2 aromatic carbocycles. The Bertz CT molecular complexity index is 1300. The Hall–Kier alpha value is -3.29. The molecule has 0 aliphatic heterocycles. The molecule has 1 aromatic heterocycles. The van der Waals surface area contributed by atoms with Crippen molar-refractivity contribution in [3.8, 4) is 23.0 Å². The summed E-state index contributed by atoms with van der Waals surface area (Å²) in [6, 6.07) is 5.44. The number of rotatable bonds is 12. The molecule has 3 atom stereocenters. The monoisotopic (exact) mass is 554 g/mol. The van der Waals surface area contributed by atoms with Crippen molar-refractivity contribution in [2.45, 2.75) is 43.8 Å². The molecule has 5 N–H and O–H groups in total. The van der Waals surface area contributed by atoms with Crippen LogP contribution in [-0.2, 0) is 0 Å². The Kier molecular flexibility index (Phi) is 8.48. The van der Waals surface area contributed by atoms with Crippen LogP contribution in [0.3, 0.4) is 0 Å². The van der Waals surface area contributed by atoms with Crippen molar-refractivity contribution in [3.63, 3.8) is 0 Å². The van der Waals surface area contributed by atoms with Crippen LogP contribution in [0.25, 0.3) is 11.5 Å². The van der Waals surface area contributed by atoms with Gasteiger partial charge in [0.25, 0.3) is 5.91 Å². The fourth-order valence-corrected chi connectivity index (χ4v) is 4.08. The van der Waals surface area contributed by atoms with Gasteiger partial charge < -0.3 is 25.4 Å². The zero-order valence-corrected chi connectivity index (χ0v) is 21.1. The highest BCUT2D eigenvalue weighted by Crippen LogP contribution is 2.37. The Morgan fingerprint density at radius 3 is 2.55 bits per heavy atom. The third-order valence-corrected chi connectivity index (χ3v) is 6.23. The zero-order valence-electron chi connectivity index (χ0n) is 20.2. The predicted octanol–water partition coefficient (Wildman–Crippen LogP) is 4.72. The number of nitrogens with one attached hydrogen (secondary N) is 1. The van der Waals surface area contributed by atoms with Crippen LogP contribution in [0.15, 0.2) is 40.8 Å². The number of hydrogen-bond acceptors (Lipinski definition) is 8. The SMILES string of the molecule is C[C@H](N[C@H](c1ccc(F)cc1F)[C@H](N)S)c1oc(-c2ccc(OC(F)F)c(OCC3CC3)c2)nc1C(N)=O. The molecule has 0 saturated heterocycles. The molecular formula is C25H26F4N4O4S. The molecule has 13 heteroatoms. The lowest BCUT2D eigenvalue weighted by atomic mass is 10.0. The van der Waals surface area contributed by atoms with Crippen molar-refractivity contribution in [2.75, 3.05) is 6.61 Å². The number of aromatic nitrogens is 1. The van der Waals surface area contributed by atoms with E-state index >= 15 is 0 Å². The minimum absolute atomic E-state index is 0.0161. The maximum atomic E-state index is 14.5. The number of carbonyl (C=O) groups excluding carboxylic acids is 1. The molecular weight excluding hydrogens is 528 g/mol. The molecule has 38 heavy (non-hydrogen) atoms. The standard InChI is InChI=1S/C25H26F4N4O4S/c1-11(32-19(23(31)38)15-6-5-14(26)9-16(15)27)21-20(22(30)34)33-24(37-21)13-4-7-17(36-25(28)29)18(8-13)35-10-12-2-3-12/h4-9,11-12,19,23,25,32,38H,2-3,10,31H2,1H3,(H2,30,34)/t11-,19+,23+/m0/s1. The van der Waals surface area contributed by atoms with Crippen molar-refractivity contribution in [1.29, 1.82) is 0 Å². The lowest BCUT2D eigenvalue weighted by Crippen LogP contribution is -2.37. The summed E-state index contributed by atoms with van der Waals surface area (Å²) >= 11 is 4.21. The summed E-state index contributed by atoms with van der Waals surface area (Å²) in [5, 5.41) is 2.09. The Balaban J connectivity index is 1.65. The fraction of sp³-hybridized carbons (Fsp3) is 0.360. The number of hydrogen-bond donors (Lipinski definition) is 4. The fourth-order valence-electron chi connectivity index (χ4n) is 3.84. The van der Waals surface area contributed by atoms with E-state index in [-0.39, 0.29) is 34.4 Å². The number of alkyl halides is 2. The van der Waals surface area contributed by atoms with Gasteiger partial charge in [-0.3, -0.25) is 10.1 Å². The number of halogens is 4. The smallest absolute Gasteiger partial charge is 0.387 e. The summed E-state index contributed by atoms with van der Waals surface area (Å²) in [5.41, 5.74) is 11.6. The largest absolute Gasteiger partial charge is 0.489 e. The van der Waals surface area contributed by atoms with Gasteiger partial charge in [0.05, 0.1) is 24.1 Å². The predicted molar refractivity (Wildman–Crippen MR) is 133 cm³/mol. The first-order valence-electron chi connectivity index (χ1n) is 11.7. The number of primary amides is 1. The normalized spacial score (nSPS) is 15.8. The van der Waals surface area contributed by atoms with Gasteiger partial charge in [0.15, 0.2) is 23.0 Å². The lowest BCUT2D eigenvalue weighted by Gasteiger charge is -2.26. The Morgan fingerprint density at radius 1 is 1.21 bits per heavy atom. The summed E-state index contributed by atoms with van der Waals surface area (Å²) in [7, 11) is 0. The number of carbonyl (C=O) groups is 1. The van der Waals surface area contributed by atoms with E-state index < -0.39 is 41.6 Å². The van der Waals surface area contributed by atoms with Crippen molar-refractivity contribution in [1.82, 2.24) is 10.3 Å². The molecule has 8 nitrogen and oxygen atoms in total. The van der Waals surface area contributed by atoms with E-state index in [0.29, 0.717) is 18.1 Å². The molecule has 0 spiro atoms. The first kappa shape index (κ1) is 27.7. The van der Waals surface area contributed by atoms with Crippen LogP contribution in [-0.4, -0.2) is 29.5 Å². The molecule has 0 unspecified atom stereocenters. The summed E-state index contributed by atoms with van der Waals surface area (Å²) < 4.78 is 69.7. The summed E-state index contributed by atoms with van der Waals surface area (Å²) in [4.78, 5) is 16.4. The van der Waals surface area contributed by atoms with E-state index in [1.807, 2.05) is 0 Å². The van der Waals surface area contributed by atoms with E-state index in [2.05, 4.69) is 27.7 Å². The summed E-state index contributed by atoms with van der Waals surface area (Å²) in [5.74, 6) is -2.26. The minimum Gasteiger partial charge on any atom is -0.489 e. The van der Waals surface area contributed by atoms with Crippen LogP contribution < -0.4 is 26.3 Å². The van der Waals surface area contributed by atoms with Gasteiger partial charge in [-0.15, -0.1) is 0 Å². The number of oxazole rings is 1. The molecule has 1 amide bonds. The number of benzene rings is 2. The molecule has 3 aromatic rings. The first-order chi connectivity index (χ1) is 18.0. The second kappa shape index (κ2) is 11.6. The third-order valence-electron chi connectivity index (χ3n) is 5.93. The highest BCUT2D eigenvalue weighted by molar-refractivity contribution is 7.80. The van der Waals surface area contributed by atoms with Gasteiger partial charge in [-0.25, -0.2) is 13.8 Å². The maximum absolute atomic E-state index is 14.5. The second-order valence-electron chi connectivity index (χ2n) is 8.91. The third kappa shape index (κ3) is 6.58. The van der Waals surface area contributed by atoms with Gasteiger partial charge >= 0.3 is 6.61 Å². The topological polar surface area (TPSA) is 126 Å². The van der Waals surface area contributed by atoms with Gasteiger partial charge in [0.2, 0.25) is 5.89 Å². The van der Waals surface area contributed by atoms with Gasteiger partial charge in [0.1, 0.15) is 11.6 Å². The zero-order chi connectivity index (χ0) is 27.6. The lowest BCUT2D eigenvalue weighted by molar-refractivity contribution is -0.0515. The first-order valence-corrected chi connectivity index (χ1v) is 12.2. The Labute approximate surface area is 221 Å². The molecule has 1 heterocycles. The van der Waals surface area contributed by atoms with Crippen LogP contribution >= 0.6 is 12.6 Å². The highest BCUT2D eigenvalue weighted by Gasteiger charge is 2.29. The van der Waals surface area contributed by atoms with Crippen LogP contribution in [0.1, 0.15) is 53.7 Å². The molecule has 1 fully saturated rings. The van der Waals surface area contributed by atoms with Gasteiger partial charge in [-0.1, -0.05) is 6.07 Å². The molecule has 1 saturated carbocycles. The van der Waals surface area contributed by atoms with Crippen LogP contribution in [0.5, 0.6) is 11.5 Å². The average Bonchev–Trinajstić information content (AvgIpc) is 3.56. The van der Waals surface area contributed by atoms with Crippen molar-refractivity contribution in [2.24, 2.45) is 17.4 Å². The summed E-state index contributed by atoms with van der Waals surface area (Å²) in [6.45, 7) is -1.12. The molecule has 0 bridgehead atoms. The van der Waals surface area contributed by atoms with E-state index in [9.17, 15) is 22.4 Å². The van der Waals surface area contributed by atoms with E-state index in [1.165, 1.54) is 24.3 Å². The molecule has 1 aliphatic carbocycles. The number of amides is 1. The molecule has 204 valence electrons. The number of thiol groups is 1. The number of nitrogens with two attached hydrogens (primary N) is 2. The molecule has 4 rings (SSSR count). The summed E-state index contributed by atoms with van der Waals surface area (Å²) in [6.07, 6.45) is 1.97. The van der Waals surface area contributed by atoms with Gasteiger partial charge in [-0.05, 0) is 49.9 Å².